The maximum absolute atomic E-state index is 11.8. The maximum Gasteiger partial charge on any atom is 0.319 e. The van der Waals surface area contributed by atoms with Crippen molar-refractivity contribution in [3.8, 4) is 5.75 Å². The molecule has 5 nitrogen and oxygen atoms in total. The quantitative estimate of drug-likeness (QED) is 0.676. The van der Waals surface area contributed by atoms with Crippen LogP contribution in [-0.2, 0) is 0 Å². The van der Waals surface area contributed by atoms with Crippen LogP contribution in [0.2, 0.25) is 0 Å². The third kappa shape index (κ3) is 6.04. The van der Waals surface area contributed by atoms with E-state index in [0.29, 0.717) is 30.5 Å². The Morgan fingerprint density at radius 3 is 2.57 bits per heavy atom. The summed E-state index contributed by atoms with van der Waals surface area (Å²) in [5, 5.41) is 5.63. The molecular weight excluding hydrogens is 266 g/mol. The number of amides is 2. The zero-order chi connectivity index (χ0) is 15.8. The van der Waals surface area contributed by atoms with Crippen molar-refractivity contribution in [2.75, 3.05) is 18.5 Å². The van der Waals surface area contributed by atoms with Gasteiger partial charge in [-0.15, -0.1) is 0 Å². The highest BCUT2D eigenvalue weighted by molar-refractivity contribution is 5.91. The van der Waals surface area contributed by atoms with Gasteiger partial charge in [-0.2, -0.15) is 0 Å². The first-order valence-corrected chi connectivity index (χ1v) is 7.48. The SMILES string of the molecule is CC(C)NC(=O)Nc1ccc(C(C)C)cc1OCCCN. The average Bonchev–Trinajstić information content (AvgIpc) is 2.39. The Morgan fingerprint density at radius 1 is 1.29 bits per heavy atom. The summed E-state index contributed by atoms with van der Waals surface area (Å²) in [5.74, 6) is 1.09. The van der Waals surface area contributed by atoms with Gasteiger partial charge in [0.2, 0.25) is 0 Å². The van der Waals surface area contributed by atoms with Crippen LogP contribution < -0.4 is 21.1 Å². The van der Waals surface area contributed by atoms with E-state index >= 15 is 0 Å². The number of carbonyl (C=O) groups is 1. The van der Waals surface area contributed by atoms with Gasteiger partial charge in [0.15, 0.2) is 0 Å². The van der Waals surface area contributed by atoms with Gasteiger partial charge in [-0.1, -0.05) is 19.9 Å². The van der Waals surface area contributed by atoms with Crippen LogP contribution in [0.15, 0.2) is 18.2 Å². The second-order valence-corrected chi connectivity index (χ2v) is 5.65. The van der Waals surface area contributed by atoms with Gasteiger partial charge in [-0.25, -0.2) is 4.79 Å². The molecule has 21 heavy (non-hydrogen) atoms. The molecule has 2 amide bonds. The Hall–Kier alpha value is -1.75. The molecule has 4 N–H and O–H groups in total. The van der Waals surface area contributed by atoms with Gasteiger partial charge in [0, 0.05) is 6.04 Å². The maximum atomic E-state index is 11.8. The van der Waals surface area contributed by atoms with E-state index in [1.165, 1.54) is 5.56 Å². The number of urea groups is 1. The fourth-order valence-electron chi connectivity index (χ4n) is 1.81. The average molecular weight is 293 g/mol. The van der Waals surface area contributed by atoms with Gasteiger partial charge in [0.1, 0.15) is 5.75 Å². The summed E-state index contributed by atoms with van der Waals surface area (Å²) in [5.41, 5.74) is 7.33. The molecule has 0 saturated heterocycles. The van der Waals surface area contributed by atoms with Crippen molar-refractivity contribution in [2.45, 2.75) is 46.1 Å². The van der Waals surface area contributed by atoms with E-state index < -0.39 is 0 Å². The third-order valence-electron chi connectivity index (χ3n) is 2.95. The summed E-state index contributed by atoms with van der Waals surface area (Å²) in [6.07, 6.45) is 0.781. The number of ether oxygens (including phenoxy) is 1. The molecule has 1 aromatic carbocycles. The largest absolute Gasteiger partial charge is 0.491 e. The van der Waals surface area contributed by atoms with Crippen molar-refractivity contribution in [2.24, 2.45) is 5.73 Å². The van der Waals surface area contributed by atoms with Crippen LogP contribution in [0, 0.1) is 0 Å². The van der Waals surface area contributed by atoms with Gasteiger partial charge in [-0.3, -0.25) is 0 Å². The Labute approximate surface area is 127 Å². The predicted octanol–water partition coefficient (Wildman–Crippen LogP) is 3.07. The van der Waals surface area contributed by atoms with Crippen molar-refractivity contribution >= 4 is 11.7 Å². The molecule has 0 saturated carbocycles. The molecule has 0 atom stereocenters. The van der Waals surface area contributed by atoms with Crippen LogP contribution in [-0.4, -0.2) is 25.2 Å². The van der Waals surface area contributed by atoms with E-state index in [1.807, 2.05) is 32.0 Å². The number of nitrogens with one attached hydrogen (secondary N) is 2. The molecule has 0 aromatic heterocycles. The summed E-state index contributed by atoms with van der Waals surface area (Å²) in [6.45, 7) is 9.20. The lowest BCUT2D eigenvalue weighted by Crippen LogP contribution is -2.34. The van der Waals surface area contributed by atoms with Crippen LogP contribution in [0.5, 0.6) is 5.75 Å². The lowest BCUT2D eigenvalue weighted by atomic mass is 10.0. The lowest BCUT2D eigenvalue weighted by Gasteiger charge is -2.16. The number of hydrogen-bond donors (Lipinski definition) is 3. The van der Waals surface area contributed by atoms with Crippen molar-refractivity contribution in [1.29, 1.82) is 0 Å². The first-order valence-electron chi connectivity index (χ1n) is 7.48. The normalized spacial score (nSPS) is 10.8. The molecule has 0 aliphatic heterocycles. The van der Waals surface area contributed by atoms with E-state index in [0.717, 1.165) is 6.42 Å². The summed E-state index contributed by atoms with van der Waals surface area (Å²) < 4.78 is 5.75. The Balaban J connectivity index is 2.86. The minimum absolute atomic E-state index is 0.0848. The van der Waals surface area contributed by atoms with Crippen molar-refractivity contribution in [1.82, 2.24) is 5.32 Å². The molecule has 0 fully saturated rings. The monoisotopic (exact) mass is 293 g/mol. The lowest BCUT2D eigenvalue weighted by molar-refractivity contribution is 0.249. The van der Waals surface area contributed by atoms with Crippen molar-refractivity contribution in [3.05, 3.63) is 23.8 Å². The highest BCUT2D eigenvalue weighted by Crippen LogP contribution is 2.29. The fourth-order valence-corrected chi connectivity index (χ4v) is 1.81. The molecule has 0 spiro atoms. The number of hydrogen-bond acceptors (Lipinski definition) is 3. The molecule has 0 heterocycles. The Kier molecular flexibility index (Phi) is 7.02. The van der Waals surface area contributed by atoms with Crippen molar-refractivity contribution < 1.29 is 9.53 Å². The molecule has 0 bridgehead atoms. The third-order valence-corrected chi connectivity index (χ3v) is 2.95. The number of anilines is 1. The van der Waals surface area contributed by atoms with Crippen LogP contribution in [0.3, 0.4) is 0 Å². The van der Waals surface area contributed by atoms with E-state index in [-0.39, 0.29) is 12.1 Å². The highest BCUT2D eigenvalue weighted by Gasteiger charge is 2.11. The van der Waals surface area contributed by atoms with E-state index in [4.69, 9.17) is 10.5 Å². The molecule has 1 rings (SSSR count). The molecule has 5 heteroatoms. The number of rotatable bonds is 7. The first kappa shape index (κ1) is 17.3. The summed E-state index contributed by atoms with van der Waals surface area (Å²) in [6, 6.07) is 5.72. The van der Waals surface area contributed by atoms with Gasteiger partial charge >= 0.3 is 6.03 Å². The van der Waals surface area contributed by atoms with E-state index in [2.05, 4.69) is 24.5 Å². The van der Waals surface area contributed by atoms with Crippen LogP contribution >= 0.6 is 0 Å². The minimum Gasteiger partial charge on any atom is -0.491 e. The van der Waals surface area contributed by atoms with Gasteiger partial charge in [-0.05, 0) is 50.4 Å². The topological polar surface area (TPSA) is 76.4 Å². The predicted molar refractivity (Wildman–Crippen MR) is 87.0 cm³/mol. The Bertz CT molecular complexity index is 459. The zero-order valence-electron chi connectivity index (χ0n) is 13.4. The minimum atomic E-state index is -0.231. The standard InChI is InChI=1S/C16H27N3O2/c1-11(2)13-6-7-14(19-16(20)18-12(3)4)15(10-13)21-9-5-8-17/h6-7,10-12H,5,8-9,17H2,1-4H3,(H2,18,19,20). The molecular formula is C16H27N3O2. The Morgan fingerprint density at radius 2 is 2.00 bits per heavy atom. The van der Waals surface area contributed by atoms with Gasteiger partial charge in [0.25, 0.3) is 0 Å². The fraction of sp³-hybridized carbons (Fsp3) is 0.562. The number of carbonyl (C=O) groups excluding carboxylic acids is 1. The summed E-state index contributed by atoms with van der Waals surface area (Å²) in [4.78, 5) is 11.8. The number of benzene rings is 1. The molecule has 1 aromatic rings. The second kappa shape index (κ2) is 8.52. The zero-order valence-corrected chi connectivity index (χ0v) is 13.4. The molecule has 118 valence electrons. The van der Waals surface area contributed by atoms with Gasteiger partial charge in [0.05, 0.1) is 12.3 Å². The summed E-state index contributed by atoms with van der Waals surface area (Å²) >= 11 is 0. The van der Waals surface area contributed by atoms with E-state index in [1.54, 1.807) is 0 Å². The molecule has 0 aliphatic rings. The first-order chi connectivity index (χ1) is 9.93. The second-order valence-electron chi connectivity index (χ2n) is 5.65. The van der Waals surface area contributed by atoms with Crippen molar-refractivity contribution in [3.63, 3.8) is 0 Å². The van der Waals surface area contributed by atoms with Crippen LogP contribution in [0.4, 0.5) is 10.5 Å². The number of nitrogens with two attached hydrogens (primary N) is 1. The van der Waals surface area contributed by atoms with E-state index in [9.17, 15) is 4.79 Å². The highest BCUT2D eigenvalue weighted by atomic mass is 16.5. The van der Waals surface area contributed by atoms with Gasteiger partial charge < -0.3 is 21.1 Å². The smallest absolute Gasteiger partial charge is 0.319 e. The molecule has 0 radical (unpaired) electrons. The molecule has 0 aliphatic carbocycles. The summed E-state index contributed by atoms with van der Waals surface area (Å²) in [7, 11) is 0. The van der Waals surface area contributed by atoms with Crippen LogP contribution in [0.25, 0.3) is 0 Å². The van der Waals surface area contributed by atoms with Crippen LogP contribution in [0.1, 0.15) is 45.6 Å². The molecule has 0 unspecified atom stereocenters.